The number of thiocarbonyl (C=S) groups is 1. The third-order valence-electron chi connectivity index (χ3n) is 2.94. The number of nitrogens with zero attached hydrogens (tertiary/aromatic N) is 1. The van der Waals surface area contributed by atoms with Crippen LogP contribution < -0.4 is 5.73 Å². The van der Waals surface area contributed by atoms with Gasteiger partial charge in [0.05, 0.1) is 11.0 Å². The van der Waals surface area contributed by atoms with E-state index in [4.69, 9.17) is 29.6 Å². The second kappa shape index (κ2) is 5.13. The van der Waals surface area contributed by atoms with Gasteiger partial charge in [-0.05, 0) is 43.6 Å². The van der Waals surface area contributed by atoms with Gasteiger partial charge in [0.1, 0.15) is 0 Å². The number of likely N-dealkylation sites (tertiary alicyclic amines) is 1. The standard InChI is InChI=1S/C12H15ClN2S/c13-10-5-3-4-9(8-10)11(12(14)16)15-6-1-2-7-15/h3-5,8,11H,1-2,6-7H2,(H2,14,16). The maximum Gasteiger partial charge on any atom is 0.0948 e. The lowest BCUT2D eigenvalue weighted by Crippen LogP contribution is -2.34. The molecule has 0 saturated carbocycles. The van der Waals surface area contributed by atoms with Crippen molar-refractivity contribution in [3.63, 3.8) is 0 Å². The van der Waals surface area contributed by atoms with E-state index in [9.17, 15) is 0 Å². The van der Waals surface area contributed by atoms with E-state index < -0.39 is 0 Å². The van der Waals surface area contributed by atoms with Crippen molar-refractivity contribution in [2.45, 2.75) is 18.9 Å². The molecule has 0 spiro atoms. The third-order valence-corrected chi connectivity index (χ3v) is 3.40. The van der Waals surface area contributed by atoms with Crippen LogP contribution in [0.4, 0.5) is 0 Å². The molecular weight excluding hydrogens is 240 g/mol. The van der Waals surface area contributed by atoms with Crippen LogP contribution in [0.3, 0.4) is 0 Å². The molecule has 0 amide bonds. The summed E-state index contributed by atoms with van der Waals surface area (Å²) in [5.41, 5.74) is 6.94. The summed E-state index contributed by atoms with van der Waals surface area (Å²) < 4.78 is 0. The summed E-state index contributed by atoms with van der Waals surface area (Å²) in [5.74, 6) is 0. The fourth-order valence-electron chi connectivity index (χ4n) is 2.23. The van der Waals surface area contributed by atoms with E-state index in [-0.39, 0.29) is 6.04 Å². The van der Waals surface area contributed by atoms with Crippen molar-refractivity contribution in [2.24, 2.45) is 5.73 Å². The molecule has 2 rings (SSSR count). The molecule has 1 heterocycles. The van der Waals surface area contributed by atoms with Crippen molar-refractivity contribution in [3.05, 3.63) is 34.9 Å². The van der Waals surface area contributed by atoms with Crippen LogP contribution in [0.25, 0.3) is 0 Å². The first-order valence-corrected chi connectivity index (χ1v) is 6.26. The highest BCUT2D eigenvalue weighted by Gasteiger charge is 2.25. The largest absolute Gasteiger partial charge is 0.392 e. The molecule has 2 nitrogen and oxygen atoms in total. The molecule has 0 bridgehead atoms. The van der Waals surface area contributed by atoms with Gasteiger partial charge >= 0.3 is 0 Å². The quantitative estimate of drug-likeness (QED) is 0.842. The zero-order chi connectivity index (χ0) is 11.5. The highest BCUT2D eigenvalue weighted by Crippen LogP contribution is 2.27. The molecule has 1 aliphatic heterocycles. The molecule has 86 valence electrons. The van der Waals surface area contributed by atoms with Crippen molar-refractivity contribution in [2.75, 3.05) is 13.1 Å². The zero-order valence-electron chi connectivity index (χ0n) is 9.03. The van der Waals surface area contributed by atoms with Crippen molar-refractivity contribution < 1.29 is 0 Å². The summed E-state index contributed by atoms with van der Waals surface area (Å²) in [6.07, 6.45) is 2.44. The van der Waals surface area contributed by atoms with Gasteiger partial charge in [0.2, 0.25) is 0 Å². The fraction of sp³-hybridized carbons (Fsp3) is 0.417. The first kappa shape index (κ1) is 11.8. The van der Waals surface area contributed by atoms with E-state index in [1.165, 1.54) is 12.8 Å². The summed E-state index contributed by atoms with van der Waals surface area (Å²) in [5, 5.41) is 0.734. The minimum atomic E-state index is 0.0381. The smallest absolute Gasteiger partial charge is 0.0948 e. The Balaban J connectivity index is 2.28. The Morgan fingerprint density at radius 3 is 2.62 bits per heavy atom. The molecule has 1 aromatic rings. The van der Waals surface area contributed by atoms with Crippen LogP contribution >= 0.6 is 23.8 Å². The van der Waals surface area contributed by atoms with Crippen LogP contribution in [0.2, 0.25) is 5.02 Å². The molecule has 1 atom stereocenters. The highest BCUT2D eigenvalue weighted by atomic mass is 35.5. The topological polar surface area (TPSA) is 29.3 Å². The SMILES string of the molecule is NC(=S)C(c1cccc(Cl)c1)N1CCCC1. The molecule has 1 fully saturated rings. The van der Waals surface area contributed by atoms with Crippen molar-refractivity contribution >= 4 is 28.8 Å². The molecule has 16 heavy (non-hydrogen) atoms. The Kier molecular flexibility index (Phi) is 3.79. The Morgan fingerprint density at radius 1 is 1.38 bits per heavy atom. The molecule has 1 aliphatic rings. The predicted molar refractivity (Wildman–Crippen MR) is 71.8 cm³/mol. The summed E-state index contributed by atoms with van der Waals surface area (Å²) in [6.45, 7) is 2.13. The first-order valence-electron chi connectivity index (χ1n) is 5.47. The number of halogens is 1. The number of benzene rings is 1. The van der Waals surface area contributed by atoms with E-state index in [1.807, 2.05) is 24.3 Å². The van der Waals surface area contributed by atoms with E-state index in [0.29, 0.717) is 4.99 Å². The zero-order valence-corrected chi connectivity index (χ0v) is 10.6. The number of nitrogens with two attached hydrogens (primary N) is 1. The lowest BCUT2D eigenvalue weighted by Gasteiger charge is -2.26. The van der Waals surface area contributed by atoms with Gasteiger partial charge in [-0.1, -0.05) is 36.0 Å². The summed E-state index contributed by atoms with van der Waals surface area (Å²) in [4.78, 5) is 2.86. The maximum absolute atomic E-state index is 6.00. The highest BCUT2D eigenvalue weighted by molar-refractivity contribution is 7.80. The van der Waals surface area contributed by atoms with Crippen LogP contribution in [0.5, 0.6) is 0 Å². The van der Waals surface area contributed by atoms with Crippen LogP contribution in [0, 0.1) is 0 Å². The molecular formula is C12H15ClN2S. The molecule has 2 N–H and O–H groups in total. The van der Waals surface area contributed by atoms with Crippen molar-refractivity contribution in [3.8, 4) is 0 Å². The number of hydrogen-bond donors (Lipinski definition) is 1. The van der Waals surface area contributed by atoms with Gasteiger partial charge in [-0.3, -0.25) is 4.90 Å². The normalized spacial score (nSPS) is 18.6. The first-order chi connectivity index (χ1) is 7.68. The van der Waals surface area contributed by atoms with Crippen LogP contribution in [0.15, 0.2) is 24.3 Å². The molecule has 1 saturated heterocycles. The molecule has 1 aromatic carbocycles. The number of rotatable bonds is 3. The van der Waals surface area contributed by atoms with E-state index in [2.05, 4.69) is 4.90 Å². The van der Waals surface area contributed by atoms with Crippen LogP contribution in [-0.2, 0) is 0 Å². The van der Waals surface area contributed by atoms with Gasteiger partial charge in [-0.2, -0.15) is 0 Å². The Morgan fingerprint density at radius 2 is 2.06 bits per heavy atom. The molecule has 4 heteroatoms. The average molecular weight is 255 g/mol. The van der Waals surface area contributed by atoms with E-state index in [1.54, 1.807) is 0 Å². The molecule has 1 unspecified atom stereocenters. The predicted octanol–water partition coefficient (Wildman–Crippen LogP) is 2.76. The van der Waals surface area contributed by atoms with E-state index in [0.717, 1.165) is 23.7 Å². The second-order valence-electron chi connectivity index (χ2n) is 4.10. The maximum atomic E-state index is 6.00. The number of hydrogen-bond acceptors (Lipinski definition) is 2. The monoisotopic (exact) mass is 254 g/mol. The van der Waals surface area contributed by atoms with Gasteiger partial charge < -0.3 is 5.73 Å². The Labute approximate surface area is 106 Å². The lowest BCUT2D eigenvalue weighted by atomic mass is 10.1. The molecule has 0 aromatic heterocycles. The molecule has 0 aliphatic carbocycles. The summed E-state index contributed by atoms with van der Waals surface area (Å²) in [7, 11) is 0. The van der Waals surface area contributed by atoms with Crippen molar-refractivity contribution in [1.29, 1.82) is 0 Å². The fourth-order valence-corrected chi connectivity index (χ4v) is 2.72. The summed E-state index contributed by atoms with van der Waals surface area (Å²) in [6, 6.07) is 7.83. The second-order valence-corrected chi connectivity index (χ2v) is 5.01. The van der Waals surface area contributed by atoms with Gasteiger partial charge in [0.15, 0.2) is 0 Å². The molecule has 0 radical (unpaired) electrons. The van der Waals surface area contributed by atoms with Gasteiger partial charge in [0, 0.05) is 5.02 Å². The van der Waals surface area contributed by atoms with Gasteiger partial charge in [0.25, 0.3) is 0 Å². The van der Waals surface area contributed by atoms with E-state index >= 15 is 0 Å². The van der Waals surface area contributed by atoms with Gasteiger partial charge in [-0.15, -0.1) is 0 Å². The Hall–Kier alpha value is -0.640. The minimum Gasteiger partial charge on any atom is -0.392 e. The minimum absolute atomic E-state index is 0.0381. The van der Waals surface area contributed by atoms with Crippen LogP contribution in [-0.4, -0.2) is 23.0 Å². The third kappa shape index (κ3) is 2.54. The summed E-state index contributed by atoms with van der Waals surface area (Å²) >= 11 is 11.2. The van der Waals surface area contributed by atoms with Crippen LogP contribution in [0.1, 0.15) is 24.4 Å². The lowest BCUT2D eigenvalue weighted by molar-refractivity contribution is 0.305. The average Bonchev–Trinajstić information content (AvgIpc) is 2.71. The van der Waals surface area contributed by atoms with Gasteiger partial charge in [-0.25, -0.2) is 0 Å². The van der Waals surface area contributed by atoms with Crippen molar-refractivity contribution in [1.82, 2.24) is 4.90 Å². The Bertz CT molecular complexity index is 388.